The van der Waals surface area contributed by atoms with Crippen LogP contribution >= 0.6 is 47.8 Å². The van der Waals surface area contributed by atoms with Gasteiger partial charge in [-0.1, -0.05) is 42.1 Å². The molecule has 0 radical (unpaired) electrons. The maximum absolute atomic E-state index is 5.74. The van der Waals surface area contributed by atoms with Gasteiger partial charge in [-0.25, -0.2) is 0 Å². The fraction of sp³-hybridized carbons (Fsp3) is 0.500. The molecule has 0 unspecified atom stereocenters. The fourth-order valence-corrected chi connectivity index (χ4v) is 2.88. The summed E-state index contributed by atoms with van der Waals surface area (Å²) in [5.74, 6) is 0.887. The lowest BCUT2D eigenvalue weighted by atomic mass is 10.2. The maximum atomic E-state index is 5.74. The van der Waals surface area contributed by atoms with E-state index < -0.39 is 0 Å². The molecule has 1 rings (SSSR count). The molecular formula is C12H15Br3O. The van der Waals surface area contributed by atoms with Crippen LogP contribution in [0.15, 0.2) is 25.6 Å². The third kappa shape index (κ3) is 4.76. The minimum atomic E-state index is 0.779. The van der Waals surface area contributed by atoms with Crippen molar-refractivity contribution in [1.82, 2.24) is 0 Å². The van der Waals surface area contributed by atoms with Gasteiger partial charge >= 0.3 is 0 Å². The summed E-state index contributed by atoms with van der Waals surface area (Å²) in [7, 11) is 0. The highest BCUT2D eigenvalue weighted by atomic mass is 79.9. The first-order valence-corrected chi connectivity index (χ1v) is 7.80. The molecule has 0 amide bonds. The van der Waals surface area contributed by atoms with Gasteiger partial charge in [0.05, 0.1) is 11.1 Å². The Labute approximate surface area is 122 Å². The summed E-state index contributed by atoms with van der Waals surface area (Å²) in [5, 5.41) is 0. The number of halogens is 3. The summed E-state index contributed by atoms with van der Waals surface area (Å²) in [6.45, 7) is 2.99. The molecule has 0 heterocycles. The van der Waals surface area contributed by atoms with E-state index in [2.05, 4.69) is 54.7 Å². The number of hydrogen-bond acceptors (Lipinski definition) is 1. The molecule has 1 nitrogen and oxygen atoms in total. The molecule has 1 aromatic carbocycles. The zero-order valence-corrected chi connectivity index (χ0v) is 14.0. The lowest BCUT2D eigenvalue weighted by Crippen LogP contribution is -1.98. The van der Waals surface area contributed by atoms with Gasteiger partial charge < -0.3 is 4.74 Å². The van der Waals surface area contributed by atoms with Crippen molar-refractivity contribution in [1.29, 1.82) is 0 Å². The molecule has 1 aromatic rings. The van der Waals surface area contributed by atoms with E-state index >= 15 is 0 Å². The Morgan fingerprint density at radius 1 is 1.06 bits per heavy atom. The van der Waals surface area contributed by atoms with Crippen molar-refractivity contribution in [3.05, 3.63) is 25.6 Å². The van der Waals surface area contributed by atoms with Crippen LogP contribution in [0.1, 0.15) is 32.6 Å². The van der Waals surface area contributed by atoms with Gasteiger partial charge in [-0.2, -0.15) is 0 Å². The van der Waals surface area contributed by atoms with Crippen LogP contribution in [0.4, 0.5) is 0 Å². The summed E-state index contributed by atoms with van der Waals surface area (Å²) in [4.78, 5) is 0. The Balaban J connectivity index is 2.47. The predicted octanol–water partition coefficient (Wildman–Crippen LogP) is 5.93. The molecule has 0 saturated heterocycles. The Bertz CT molecular complexity index is 339. The first-order chi connectivity index (χ1) is 7.65. The smallest absolute Gasteiger partial charge is 0.135 e. The zero-order valence-electron chi connectivity index (χ0n) is 9.23. The molecule has 0 aliphatic rings. The molecule has 16 heavy (non-hydrogen) atoms. The summed E-state index contributed by atoms with van der Waals surface area (Å²) in [5.41, 5.74) is 0. The third-order valence-corrected chi connectivity index (χ3v) is 4.65. The Kier molecular flexibility index (Phi) is 7.01. The largest absolute Gasteiger partial charge is 0.492 e. The highest BCUT2D eigenvalue weighted by Crippen LogP contribution is 2.35. The molecule has 0 fully saturated rings. The van der Waals surface area contributed by atoms with Gasteiger partial charge in [-0.05, 0) is 50.4 Å². The van der Waals surface area contributed by atoms with E-state index in [0.717, 1.165) is 32.2 Å². The quantitative estimate of drug-likeness (QED) is 0.414. The number of hydrogen-bond donors (Lipinski definition) is 0. The van der Waals surface area contributed by atoms with Crippen molar-refractivity contribution in [2.75, 3.05) is 6.61 Å². The number of rotatable bonds is 6. The summed E-state index contributed by atoms with van der Waals surface area (Å²) < 4.78 is 8.74. The maximum Gasteiger partial charge on any atom is 0.135 e. The second kappa shape index (κ2) is 7.72. The van der Waals surface area contributed by atoms with E-state index in [9.17, 15) is 0 Å². The highest BCUT2D eigenvalue weighted by molar-refractivity contribution is 9.13. The van der Waals surface area contributed by atoms with Crippen molar-refractivity contribution in [2.24, 2.45) is 0 Å². The number of unbranched alkanes of at least 4 members (excludes halogenated alkanes) is 3. The van der Waals surface area contributed by atoms with E-state index in [4.69, 9.17) is 4.74 Å². The summed E-state index contributed by atoms with van der Waals surface area (Å²) in [6.07, 6.45) is 4.90. The minimum Gasteiger partial charge on any atom is -0.492 e. The van der Waals surface area contributed by atoms with Crippen molar-refractivity contribution in [2.45, 2.75) is 32.6 Å². The Morgan fingerprint density at radius 3 is 2.50 bits per heavy atom. The monoisotopic (exact) mass is 412 g/mol. The zero-order chi connectivity index (χ0) is 12.0. The average Bonchev–Trinajstić information content (AvgIpc) is 2.24. The summed E-state index contributed by atoms with van der Waals surface area (Å²) >= 11 is 10.4. The van der Waals surface area contributed by atoms with Gasteiger partial charge in [0, 0.05) is 8.95 Å². The van der Waals surface area contributed by atoms with E-state index in [1.807, 2.05) is 12.1 Å². The van der Waals surface area contributed by atoms with Crippen LogP contribution in [0.2, 0.25) is 0 Å². The van der Waals surface area contributed by atoms with Crippen LogP contribution in [0, 0.1) is 0 Å². The molecule has 0 bridgehead atoms. The molecule has 90 valence electrons. The standard InChI is InChI=1S/C12H15Br3O/c1-2-3-4-5-6-16-11-8-9(13)7-10(14)12(11)15/h7-8H,2-6H2,1H3. The van der Waals surface area contributed by atoms with E-state index in [0.29, 0.717) is 0 Å². The van der Waals surface area contributed by atoms with E-state index in [-0.39, 0.29) is 0 Å². The molecule has 0 aromatic heterocycles. The van der Waals surface area contributed by atoms with Crippen LogP contribution in [0.25, 0.3) is 0 Å². The average molecular weight is 415 g/mol. The first-order valence-electron chi connectivity index (χ1n) is 5.42. The fourth-order valence-electron chi connectivity index (χ4n) is 1.35. The lowest BCUT2D eigenvalue weighted by molar-refractivity contribution is 0.303. The SMILES string of the molecule is CCCCCCOc1cc(Br)cc(Br)c1Br. The molecule has 0 atom stereocenters. The van der Waals surface area contributed by atoms with Gasteiger partial charge in [-0.3, -0.25) is 0 Å². The van der Waals surface area contributed by atoms with Gasteiger partial charge in [0.2, 0.25) is 0 Å². The Hall–Kier alpha value is 0.460. The van der Waals surface area contributed by atoms with Gasteiger partial charge in [0.1, 0.15) is 5.75 Å². The molecule has 4 heteroatoms. The number of benzene rings is 1. The first kappa shape index (κ1) is 14.5. The van der Waals surface area contributed by atoms with Crippen LogP contribution in [0.5, 0.6) is 5.75 Å². The van der Waals surface area contributed by atoms with Crippen LogP contribution in [-0.4, -0.2) is 6.61 Å². The molecule has 0 aliphatic heterocycles. The normalized spacial score (nSPS) is 10.5. The third-order valence-electron chi connectivity index (χ3n) is 2.22. The second-order valence-electron chi connectivity index (χ2n) is 3.61. The minimum absolute atomic E-state index is 0.779. The molecular weight excluding hydrogens is 400 g/mol. The van der Waals surface area contributed by atoms with Crippen molar-refractivity contribution in [3.63, 3.8) is 0 Å². The van der Waals surface area contributed by atoms with Crippen molar-refractivity contribution < 1.29 is 4.74 Å². The van der Waals surface area contributed by atoms with Gasteiger partial charge in [0.25, 0.3) is 0 Å². The predicted molar refractivity (Wildman–Crippen MR) is 79.2 cm³/mol. The van der Waals surface area contributed by atoms with E-state index in [1.165, 1.54) is 19.3 Å². The van der Waals surface area contributed by atoms with E-state index in [1.54, 1.807) is 0 Å². The van der Waals surface area contributed by atoms with Crippen molar-refractivity contribution in [3.8, 4) is 5.75 Å². The number of ether oxygens (including phenoxy) is 1. The lowest BCUT2D eigenvalue weighted by Gasteiger charge is -2.09. The van der Waals surface area contributed by atoms with Crippen LogP contribution in [0.3, 0.4) is 0 Å². The topological polar surface area (TPSA) is 9.23 Å². The van der Waals surface area contributed by atoms with Crippen LogP contribution < -0.4 is 4.74 Å². The summed E-state index contributed by atoms with van der Waals surface area (Å²) in [6, 6.07) is 3.97. The van der Waals surface area contributed by atoms with Gasteiger partial charge in [-0.15, -0.1) is 0 Å². The van der Waals surface area contributed by atoms with Crippen LogP contribution in [-0.2, 0) is 0 Å². The highest BCUT2D eigenvalue weighted by Gasteiger charge is 2.06. The van der Waals surface area contributed by atoms with Gasteiger partial charge in [0.15, 0.2) is 0 Å². The Morgan fingerprint density at radius 2 is 1.81 bits per heavy atom. The van der Waals surface area contributed by atoms with Crippen molar-refractivity contribution >= 4 is 47.8 Å². The molecule has 0 saturated carbocycles. The second-order valence-corrected chi connectivity index (χ2v) is 6.17. The molecule has 0 spiro atoms. The molecule has 0 N–H and O–H groups in total. The molecule has 0 aliphatic carbocycles.